The lowest BCUT2D eigenvalue weighted by atomic mass is 9.87. The van der Waals surface area contributed by atoms with Gasteiger partial charge in [-0.25, -0.2) is 0 Å². The second kappa shape index (κ2) is 4.41. The molecule has 0 amide bonds. The number of Topliss-reactive ketones (excluding diaryl/α,β-unsaturated/α-hetero) is 1. The van der Waals surface area contributed by atoms with Crippen molar-refractivity contribution in [2.24, 2.45) is 5.41 Å². The molecule has 0 spiro atoms. The minimum atomic E-state index is 0.106. The van der Waals surface area contributed by atoms with Gasteiger partial charge in [-0.15, -0.1) is 0 Å². The van der Waals surface area contributed by atoms with E-state index in [9.17, 15) is 4.79 Å². The van der Waals surface area contributed by atoms with E-state index in [2.05, 4.69) is 23.5 Å². The van der Waals surface area contributed by atoms with Gasteiger partial charge < -0.3 is 5.32 Å². The Morgan fingerprint density at radius 1 is 1.53 bits per heavy atom. The fraction of sp³-hybridized carbons (Fsp3) is 0.692. The maximum atomic E-state index is 11.6. The molecule has 4 heteroatoms. The van der Waals surface area contributed by atoms with Gasteiger partial charge in [0, 0.05) is 6.04 Å². The lowest BCUT2D eigenvalue weighted by molar-refractivity contribution is 0.101. The first-order valence-corrected chi connectivity index (χ1v) is 6.93. The van der Waals surface area contributed by atoms with Gasteiger partial charge in [-0.05, 0) is 43.6 Å². The number of carbonyl (C=O) groups is 1. The Kier molecular flexibility index (Phi) is 3.25. The first-order valence-electron chi connectivity index (χ1n) is 6.15. The summed E-state index contributed by atoms with van der Waals surface area (Å²) in [6, 6.07) is 0.459. The number of rotatable bonds is 3. The molecule has 0 saturated heterocycles. The van der Waals surface area contributed by atoms with Gasteiger partial charge in [-0.3, -0.25) is 4.79 Å². The summed E-state index contributed by atoms with van der Waals surface area (Å²) < 4.78 is 4.29. The van der Waals surface area contributed by atoms with Crippen LogP contribution in [0.4, 0.5) is 5.00 Å². The molecule has 2 rings (SSSR count). The Hall–Kier alpha value is -0.900. The van der Waals surface area contributed by atoms with Crippen LogP contribution in [0.3, 0.4) is 0 Å². The molecule has 1 aromatic heterocycles. The van der Waals surface area contributed by atoms with Crippen LogP contribution in [-0.4, -0.2) is 16.2 Å². The summed E-state index contributed by atoms with van der Waals surface area (Å²) in [5, 5.41) is 4.49. The number of aryl methyl sites for hydroxylation is 1. The van der Waals surface area contributed by atoms with Crippen LogP contribution < -0.4 is 5.32 Å². The van der Waals surface area contributed by atoms with Gasteiger partial charge in [-0.1, -0.05) is 20.3 Å². The number of carbonyl (C=O) groups excluding carboxylic acids is 1. The van der Waals surface area contributed by atoms with Gasteiger partial charge in [0.05, 0.1) is 11.3 Å². The molecule has 1 aliphatic rings. The first kappa shape index (κ1) is 12.6. The second-order valence-electron chi connectivity index (χ2n) is 5.61. The van der Waals surface area contributed by atoms with Crippen molar-refractivity contribution in [1.82, 2.24) is 4.37 Å². The van der Waals surface area contributed by atoms with Crippen LogP contribution >= 0.6 is 11.5 Å². The van der Waals surface area contributed by atoms with Crippen molar-refractivity contribution < 1.29 is 4.79 Å². The number of anilines is 1. The maximum Gasteiger partial charge on any atom is 0.164 e. The molecule has 1 heterocycles. The zero-order chi connectivity index (χ0) is 12.6. The molecular formula is C13H20N2OS. The Balaban J connectivity index is 2.22. The monoisotopic (exact) mass is 252 g/mol. The third kappa shape index (κ3) is 2.37. The molecule has 1 aromatic rings. The average molecular weight is 252 g/mol. The molecule has 94 valence electrons. The summed E-state index contributed by atoms with van der Waals surface area (Å²) in [5.74, 6) is 0.106. The minimum absolute atomic E-state index is 0.106. The highest BCUT2D eigenvalue weighted by Gasteiger charge is 2.35. The van der Waals surface area contributed by atoms with E-state index >= 15 is 0 Å². The Morgan fingerprint density at radius 3 is 2.76 bits per heavy atom. The van der Waals surface area contributed by atoms with E-state index in [0.717, 1.165) is 16.3 Å². The van der Waals surface area contributed by atoms with Gasteiger partial charge in [-0.2, -0.15) is 4.37 Å². The van der Waals surface area contributed by atoms with E-state index in [1.165, 1.54) is 30.8 Å². The molecule has 0 radical (unpaired) electrons. The van der Waals surface area contributed by atoms with Crippen molar-refractivity contribution in [1.29, 1.82) is 0 Å². The molecule has 17 heavy (non-hydrogen) atoms. The summed E-state index contributed by atoms with van der Waals surface area (Å²) >= 11 is 1.41. The molecule has 0 aromatic carbocycles. The number of nitrogens with one attached hydrogen (secondary N) is 1. The fourth-order valence-corrected chi connectivity index (χ4v) is 3.53. The normalized spacial score (nSPS) is 22.7. The largest absolute Gasteiger partial charge is 0.372 e. The molecule has 1 N–H and O–H groups in total. The molecule has 1 aliphatic carbocycles. The maximum absolute atomic E-state index is 11.6. The lowest BCUT2D eigenvalue weighted by Crippen LogP contribution is -2.30. The molecule has 0 bridgehead atoms. The standard InChI is InChI=1S/C13H20N2OS/c1-8-11(9(2)16)12(17-15-8)14-10-6-5-7-13(10,3)4/h10,14H,5-7H2,1-4H3. The zero-order valence-corrected chi connectivity index (χ0v) is 11.8. The van der Waals surface area contributed by atoms with Gasteiger partial charge in [0.1, 0.15) is 5.00 Å². The Bertz CT molecular complexity index is 437. The second-order valence-corrected chi connectivity index (χ2v) is 6.38. The molecular weight excluding hydrogens is 232 g/mol. The minimum Gasteiger partial charge on any atom is -0.372 e. The van der Waals surface area contributed by atoms with E-state index < -0.39 is 0 Å². The van der Waals surface area contributed by atoms with Crippen LogP contribution in [0.1, 0.15) is 56.1 Å². The van der Waals surface area contributed by atoms with E-state index in [1.807, 2.05) is 6.92 Å². The quantitative estimate of drug-likeness (QED) is 0.835. The van der Waals surface area contributed by atoms with Crippen LogP contribution in [-0.2, 0) is 0 Å². The Labute approximate surface area is 107 Å². The van der Waals surface area contributed by atoms with Gasteiger partial charge >= 0.3 is 0 Å². The van der Waals surface area contributed by atoms with Crippen LogP contribution in [0.15, 0.2) is 0 Å². The first-order chi connectivity index (χ1) is 7.92. The predicted octanol–water partition coefficient (Wildman–Crippen LogP) is 3.64. The predicted molar refractivity (Wildman–Crippen MR) is 71.9 cm³/mol. The summed E-state index contributed by atoms with van der Waals surface area (Å²) in [5.41, 5.74) is 1.94. The number of aromatic nitrogens is 1. The van der Waals surface area contributed by atoms with Crippen molar-refractivity contribution >= 4 is 22.3 Å². The Morgan fingerprint density at radius 2 is 2.24 bits per heavy atom. The van der Waals surface area contributed by atoms with Crippen molar-refractivity contribution in [3.8, 4) is 0 Å². The van der Waals surface area contributed by atoms with Crippen LogP contribution in [0.25, 0.3) is 0 Å². The highest BCUT2D eigenvalue weighted by molar-refractivity contribution is 7.10. The SMILES string of the molecule is CC(=O)c1c(C)nsc1NC1CCCC1(C)C. The molecule has 3 nitrogen and oxygen atoms in total. The lowest BCUT2D eigenvalue weighted by Gasteiger charge is -2.28. The smallest absolute Gasteiger partial charge is 0.164 e. The van der Waals surface area contributed by atoms with E-state index in [-0.39, 0.29) is 5.78 Å². The van der Waals surface area contributed by atoms with E-state index in [0.29, 0.717) is 11.5 Å². The molecule has 1 fully saturated rings. The highest BCUT2D eigenvalue weighted by atomic mass is 32.1. The average Bonchev–Trinajstić information content (AvgIpc) is 2.72. The number of ketones is 1. The molecule has 1 saturated carbocycles. The summed E-state index contributed by atoms with van der Waals surface area (Å²) in [6.07, 6.45) is 3.69. The van der Waals surface area contributed by atoms with E-state index in [1.54, 1.807) is 6.92 Å². The summed E-state index contributed by atoms with van der Waals surface area (Å²) in [4.78, 5) is 11.6. The van der Waals surface area contributed by atoms with Crippen molar-refractivity contribution in [3.05, 3.63) is 11.3 Å². The summed E-state index contributed by atoms with van der Waals surface area (Å²) in [7, 11) is 0. The van der Waals surface area contributed by atoms with Crippen LogP contribution in [0, 0.1) is 12.3 Å². The van der Waals surface area contributed by atoms with Crippen LogP contribution in [0.2, 0.25) is 0 Å². The number of nitrogens with zero attached hydrogens (tertiary/aromatic N) is 1. The van der Waals surface area contributed by atoms with Gasteiger partial charge in [0.2, 0.25) is 0 Å². The fourth-order valence-electron chi connectivity index (χ4n) is 2.64. The topological polar surface area (TPSA) is 42.0 Å². The molecule has 0 aliphatic heterocycles. The molecule has 1 unspecified atom stereocenters. The molecule has 1 atom stereocenters. The van der Waals surface area contributed by atoms with Crippen molar-refractivity contribution in [2.75, 3.05) is 5.32 Å². The van der Waals surface area contributed by atoms with Crippen molar-refractivity contribution in [3.63, 3.8) is 0 Å². The summed E-state index contributed by atoms with van der Waals surface area (Å²) in [6.45, 7) is 8.10. The third-order valence-electron chi connectivity index (χ3n) is 3.78. The third-order valence-corrected chi connectivity index (χ3v) is 4.65. The highest BCUT2D eigenvalue weighted by Crippen LogP contribution is 2.40. The van der Waals surface area contributed by atoms with Gasteiger partial charge in [0.25, 0.3) is 0 Å². The van der Waals surface area contributed by atoms with Crippen LogP contribution in [0.5, 0.6) is 0 Å². The van der Waals surface area contributed by atoms with Gasteiger partial charge in [0.15, 0.2) is 5.78 Å². The van der Waals surface area contributed by atoms with E-state index in [4.69, 9.17) is 0 Å². The zero-order valence-electron chi connectivity index (χ0n) is 11.0. The number of hydrogen-bond donors (Lipinski definition) is 1. The number of hydrogen-bond acceptors (Lipinski definition) is 4. The van der Waals surface area contributed by atoms with Crippen molar-refractivity contribution in [2.45, 2.75) is 53.0 Å².